The Morgan fingerprint density at radius 1 is 1.41 bits per heavy atom. The third-order valence-corrected chi connectivity index (χ3v) is 3.40. The van der Waals surface area contributed by atoms with Crippen LogP contribution in [0.3, 0.4) is 0 Å². The summed E-state index contributed by atoms with van der Waals surface area (Å²) in [5.41, 5.74) is 4.94. The van der Waals surface area contributed by atoms with Crippen LogP contribution in [0.5, 0.6) is 0 Å². The van der Waals surface area contributed by atoms with Crippen molar-refractivity contribution in [2.75, 3.05) is 12.3 Å². The van der Waals surface area contributed by atoms with Gasteiger partial charge in [-0.25, -0.2) is 26.3 Å². The van der Waals surface area contributed by atoms with Crippen LogP contribution in [-0.4, -0.2) is 21.4 Å². The van der Waals surface area contributed by atoms with E-state index >= 15 is 0 Å². The van der Waals surface area contributed by atoms with E-state index in [4.69, 9.17) is 5.73 Å². The summed E-state index contributed by atoms with van der Waals surface area (Å²) in [6.07, 6.45) is -2.80. The maximum Gasteiger partial charge on any atom is 0.251 e. The van der Waals surface area contributed by atoms with Crippen LogP contribution in [-0.2, 0) is 10.0 Å². The number of nitrogen functional groups attached to an aromatic ring is 1. The highest BCUT2D eigenvalue weighted by Crippen LogP contribution is 2.20. The lowest BCUT2D eigenvalue weighted by Gasteiger charge is -2.09. The minimum atomic E-state index is -4.09. The normalized spacial score (nSPS) is 12.1. The highest BCUT2D eigenvalue weighted by molar-refractivity contribution is 7.89. The fourth-order valence-corrected chi connectivity index (χ4v) is 2.30. The van der Waals surface area contributed by atoms with Crippen LogP contribution in [0.15, 0.2) is 17.0 Å². The van der Waals surface area contributed by atoms with Gasteiger partial charge in [-0.3, -0.25) is 0 Å². The number of benzene rings is 1. The monoisotopic (exact) mass is 268 g/mol. The van der Waals surface area contributed by atoms with Gasteiger partial charge in [0.15, 0.2) is 0 Å². The molecule has 1 aromatic rings. The van der Waals surface area contributed by atoms with Crippen molar-refractivity contribution in [3.8, 4) is 0 Å². The van der Waals surface area contributed by atoms with Crippen molar-refractivity contribution in [2.24, 2.45) is 0 Å². The average molecular weight is 268 g/mol. The van der Waals surface area contributed by atoms with E-state index in [9.17, 15) is 21.6 Å². The molecular formula is C9H11F3N2O2S. The summed E-state index contributed by atoms with van der Waals surface area (Å²) in [7, 11) is -4.09. The summed E-state index contributed by atoms with van der Waals surface area (Å²) < 4.78 is 61.7. The zero-order chi connectivity index (χ0) is 13.2. The van der Waals surface area contributed by atoms with Crippen LogP contribution in [0.1, 0.15) is 5.56 Å². The minimum absolute atomic E-state index is 0.0300. The quantitative estimate of drug-likeness (QED) is 0.807. The van der Waals surface area contributed by atoms with Gasteiger partial charge in [0.1, 0.15) is 5.82 Å². The average Bonchev–Trinajstić information content (AvgIpc) is 2.22. The Balaban J connectivity index is 3.08. The molecule has 0 spiro atoms. The molecular weight excluding hydrogens is 257 g/mol. The van der Waals surface area contributed by atoms with Crippen molar-refractivity contribution >= 4 is 15.7 Å². The molecule has 0 aliphatic heterocycles. The maximum atomic E-state index is 13.2. The molecule has 0 heterocycles. The number of rotatable bonds is 4. The van der Waals surface area contributed by atoms with Crippen molar-refractivity contribution in [3.05, 3.63) is 23.5 Å². The van der Waals surface area contributed by atoms with Crippen molar-refractivity contribution < 1.29 is 21.6 Å². The second-order valence-electron chi connectivity index (χ2n) is 3.39. The number of nitrogens with two attached hydrogens (primary N) is 1. The molecule has 3 N–H and O–H groups in total. The van der Waals surface area contributed by atoms with Gasteiger partial charge >= 0.3 is 0 Å². The van der Waals surface area contributed by atoms with Gasteiger partial charge in [0.05, 0.1) is 17.1 Å². The van der Waals surface area contributed by atoms with Crippen molar-refractivity contribution in [1.82, 2.24) is 4.72 Å². The second kappa shape index (κ2) is 4.92. The molecule has 0 aromatic heterocycles. The van der Waals surface area contributed by atoms with Gasteiger partial charge in [-0.05, 0) is 24.6 Å². The van der Waals surface area contributed by atoms with E-state index in [1.807, 2.05) is 0 Å². The third-order valence-electron chi connectivity index (χ3n) is 1.99. The molecule has 0 saturated carbocycles. The van der Waals surface area contributed by atoms with Crippen LogP contribution in [0.4, 0.5) is 18.9 Å². The molecule has 0 saturated heterocycles. The Labute approximate surface area is 96.7 Å². The Morgan fingerprint density at radius 3 is 2.47 bits per heavy atom. The Morgan fingerprint density at radius 2 is 2.00 bits per heavy atom. The van der Waals surface area contributed by atoms with E-state index in [2.05, 4.69) is 0 Å². The molecule has 0 amide bonds. The standard InChI is InChI=1S/C9H11F3N2O2S/c1-5-2-6(3-7(13)9(5)12)17(15,16)14-4-8(10)11/h2-3,8,14H,4,13H2,1H3. The number of aryl methyl sites for hydroxylation is 1. The zero-order valence-corrected chi connectivity index (χ0v) is 9.69. The Kier molecular flexibility index (Phi) is 3.99. The number of sulfonamides is 1. The molecule has 1 aromatic carbocycles. The highest BCUT2D eigenvalue weighted by atomic mass is 32.2. The molecule has 1 rings (SSSR count). The van der Waals surface area contributed by atoms with Gasteiger partial charge in [-0.2, -0.15) is 0 Å². The second-order valence-corrected chi connectivity index (χ2v) is 5.15. The lowest BCUT2D eigenvalue weighted by molar-refractivity contribution is 0.153. The molecule has 0 unspecified atom stereocenters. The molecule has 0 bridgehead atoms. The minimum Gasteiger partial charge on any atom is -0.396 e. The summed E-state index contributed by atoms with van der Waals surface area (Å²) in [5.74, 6) is -0.724. The highest BCUT2D eigenvalue weighted by Gasteiger charge is 2.18. The first-order valence-corrected chi connectivity index (χ1v) is 6.06. The van der Waals surface area contributed by atoms with Crippen LogP contribution in [0, 0.1) is 12.7 Å². The summed E-state index contributed by atoms with van der Waals surface area (Å²) in [6, 6.07) is 1.91. The summed E-state index contributed by atoms with van der Waals surface area (Å²) in [6.45, 7) is 0.330. The van der Waals surface area contributed by atoms with Gasteiger partial charge in [0.2, 0.25) is 10.0 Å². The van der Waals surface area contributed by atoms with Crippen molar-refractivity contribution in [1.29, 1.82) is 0 Å². The van der Waals surface area contributed by atoms with E-state index in [0.717, 1.165) is 12.1 Å². The van der Waals surface area contributed by atoms with E-state index in [1.54, 1.807) is 4.72 Å². The molecule has 0 atom stereocenters. The lowest BCUT2D eigenvalue weighted by Crippen LogP contribution is -2.28. The van der Waals surface area contributed by atoms with E-state index in [0.29, 0.717) is 0 Å². The Bertz CT molecular complexity index is 494. The smallest absolute Gasteiger partial charge is 0.251 e. The van der Waals surface area contributed by atoms with Gasteiger partial charge < -0.3 is 5.73 Å². The first-order chi connectivity index (χ1) is 7.74. The largest absolute Gasteiger partial charge is 0.396 e. The lowest BCUT2D eigenvalue weighted by atomic mass is 10.2. The number of nitrogens with one attached hydrogen (secondary N) is 1. The number of hydrogen-bond donors (Lipinski definition) is 2. The molecule has 0 radical (unpaired) electrons. The molecule has 17 heavy (non-hydrogen) atoms. The first-order valence-electron chi connectivity index (χ1n) is 4.57. The maximum absolute atomic E-state index is 13.2. The summed E-state index contributed by atoms with van der Waals surface area (Å²) >= 11 is 0. The topological polar surface area (TPSA) is 72.2 Å². The predicted molar refractivity (Wildman–Crippen MR) is 56.7 cm³/mol. The Hall–Kier alpha value is -1.28. The fourth-order valence-electron chi connectivity index (χ4n) is 1.17. The fraction of sp³-hybridized carbons (Fsp3) is 0.333. The van der Waals surface area contributed by atoms with E-state index in [-0.39, 0.29) is 16.1 Å². The van der Waals surface area contributed by atoms with E-state index in [1.165, 1.54) is 6.92 Å². The van der Waals surface area contributed by atoms with E-state index < -0.39 is 28.8 Å². The van der Waals surface area contributed by atoms with Crippen molar-refractivity contribution in [3.63, 3.8) is 0 Å². The van der Waals surface area contributed by atoms with Crippen LogP contribution in [0.25, 0.3) is 0 Å². The predicted octanol–water partition coefficient (Wildman–Crippen LogP) is 1.26. The molecule has 8 heteroatoms. The summed E-state index contributed by atoms with van der Waals surface area (Å²) in [5, 5.41) is 0. The molecule has 0 aliphatic carbocycles. The zero-order valence-electron chi connectivity index (χ0n) is 8.88. The number of hydrogen-bond acceptors (Lipinski definition) is 3. The van der Waals surface area contributed by atoms with Gasteiger partial charge in [-0.1, -0.05) is 0 Å². The number of alkyl halides is 2. The molecule has 4 nitrogen and oxygen atoms in total. The van der Waals surface area contributed by atoms with Gasteiger partial charge in [-0.15, -0.1) is 0 Å². The number of anilines is 1. The van der Waals surface area contributed by atoms with Gasteiger partial charge in [0, 0.05) is 0 Å². The van der Waals surface area contributed by atoms with Crippen LogP contribution < -0.4 is 10.5 Å². The molecule has 96 valence electrons. The molecule has 0 aliphatic rings. The van der Waals surface area contributed by atoms with Crippen LogP contribution in [0.2, 0.25) is 0 Å². The SMILES string of the molecule is Cc1cc(S(=O)(=O)NCC(F)F)cc(N)c1F. The summed E-state index contributed by atoms with van der Waals surface area (Å²) in [4.78, 5) is -0.338. The number of halogens is 3. The first kappa shape index (κ1) is 13.8. The van der Waals surface area contributed by atoms with Gasteiger partial charge in [0.25, 0.3) is 6.43 Å². The van der Waals surface area contributed by atoms with Crippen LogP contribution >= 0.6 is 0 Å². The van der Waals surface area contributed by atoms with Crippen molar-refractivity contribution in [2.45, 2.75) is 18.2 Å². The third kappa shape index (κ3) is 3.34. The molecule has 0 fully saturated rings.